The van der Waals surface area contributed by atoms with Gasteiger partial charge in [-0.25, -0.2) is 9.59 Å². The van der Waals surface area contributed by atoms with Crippen molar-refractivity contribution in [1.82, 2.24) is 5.32 Å². The highest BCUT2D eigenvalue weighted by molar-refractivity contribution is 5.89. The number of hydrogen-bond donors (Lipinski definition) is 6. The Morgan fingerprint density at radius 1 is 1.03 bits per heavy atom. The molecule has 35 heavy (non-hydrogen) atoms. The van der Waals surface area contributed by atoms with E-state index in [0.717, 1.165) is 5.56 Å². The fourth-order valence-corrected chi connectivity index (χ4v) is 3.24. The van der Waals surface area contributed by atoms with E-state index in [2.05, 4.69) is 15.3 Å². The van der Waals surface area contributed by atoms with Gasteiger partial charge in [-0.15, -0.1) is 0 Å². The van der Waals surface area contributed by atoms with E-state index in [0.29, 0.717) is 31.2 Å². The third kappa shape index (κ3) is 8.97. The second kappa shape index (κ2) is 12.9. The molecule has 1 amide bonds. The molecule has 0 saturated carbocycles. The fourth-order valence-electron chi connectivity index (χ4n) is 3.24. The van der Waals surface area contributed by atoms with E-state index in [9.17, 15) is 14.4 Å². The second-order valence-corrected chi connectivity index (χ2v) is 7.89. The van der Waals surface area contributed by atoms with Crippen LogP contribution in [0.15, 0.2) is 43.5 Å². The highest BCUT2D eigenvalue weighted by atomic mass is 16.5. The zero-order chi connectivity index (χ0) is 26.0. The second-order valence-electron chi connectivity index (χ2n) is 7.89. The Hall–Kier alpha value is -4.13. The maximum atomic E-state index is 12.9. The molecule has 2 aromatic rings. The van der Waals surface area contributed by atoms with Gasteiger partial charge >= 0.3 is 11.6 Å². The third-order valence-electron chi connectivity index (χ3n) is 4.99. The highest BCUT2D eigenvalue weighted by Gasteiger charge is 2.25. The van der Waals surface area contributed by atoms with Crippen LogP contribution in [0.2, 0.25) is 0 Å². The van der Waals surface area contributed by atoms with Crippen LogP contribution in [-0.2, 0) is 9.59 Å². The Morgan fingerprint density at radius 3 is 2.29 bits per heavy atom. The van der Waals surface area contributed by atoms with E-state index < -0.39 is 29.6 Å². The fraction of sp³-hybridized carbons (Fsp3) is 0.409. The molecule has 0 aliphatic rings. The monoisotopic (exact) mass is 488 g/mol. The number of aliphatic imine (C=N–C) groups is 2. The molecule has 11 N–H and O–H groups in total. The molecular formula is C22H32N8O5. The van der Waals surface area contributed by atoms with Gasteiger partial charge in [0.15, 0.2) is 11.9 Å². The van der Waals surface area contributed by atoms with Crippen molar-refractivity contribution >= 4 is 34.8 Å². The van der Waals surface area contributed by atoms with Gasteiger partial charge in [0.05, 0.1) is 6.04 Å². The van der Waals surface area contributed by atoms with Crippen LogP contribution in [0.4, 0.5) is 0 Å². The SMILES string of the molecule is Cc1cc(=O)oc2cc(OC(=O)[C@H](CCCN=C(N)N)NC(=O)[C@@H](N)CCCN=C(N)N)ccc12. The number of benzene rings is 1. The molecule has 0 bridgehead atoms. The number of hydrogen-bond acceptors (Lipinski definition) is 8. The topological polar surface area (TPSA) is 240 Å². The first kappa shape index (κ1) is 27.1. The Balaban J connectivity index is 2.10. The minimum absolute atomic E-state index is 0.0465. The summed E-state index contributed by atoms with van der Waals surface area (Å²) in [5, 5.41) is 3.33. The van der Waals surface area contributed by atoms with Gasteiger partial charge in [0.2, 0.25) is 5.91 Å². The zero-order valence-corrected chi connectivity index (χ0v) is 19.5. The van der Waals surface area contributed by atoms with Crippen molar-refractivity contribution in [2.45, 2.75) is 44.7 Å². The van der Waals surface area contributed by atoms with Crippen molar-refractivity contribution in [3.8, 4) is 5.75 Å². The number of rotatable bonds is 12. The summed E-state index contributed by atoms with van der Waals surface area (Å²) in [5.74, 6) is -1.22. The number of carbonyl (C=O) groups is 2. The molecule has 2 rings (SSSR count). The van der Waals surface area contributed by atoms with Crippen LogP contribution in [0, 0.1) is 6.92 Å². The number of ether oxygens (including phenoxy) is 1. The predicted molar refractivity (Wildman–Crippen MR) is 133 cm³/mol. The number of nitrogens with two attached hydrogens (primary N) is 5. The smallest absolute Gasteiger partial charge is 0.336 e. The molecule has 1 heterocycles. The average Bonchev–Trinajstić information content (AvgIpc) is 2.77. The highest BCUT2D eigenvalue weighted by Crippen LogP contribution is 2.22. The van der Waals surface area contributed by atoms with E-state index in [1.54, 1.807) is 19.1 Å². The predicted octanol–water partition coefficient (Wildman–Crippen LogP) is -1.07. The molecule has 0 spiro atoms. The quantitative estimate of drug-likeness (QED) is 0.0527. The lowest BCUT2D eigenvalue weighted by molar-refractivity contribution is -0.139. The molecule has 1 aromatic heterocycles. The van der Waals surface area contributed by atoms with Crippen LogP contribution in [0.1, 0.15) is 31.2 Å². The van der Waals surface area contributed by atoms with E-state index in [1.165, 1.54) is 12.1 Å². The minimum atomic E-state index is -1.01. The van der Waals surface area contributed by atoms with E-state index in [1.807, 2.05) is 0 Å². The van der Waals surface area contributed by atoms with Gasteiger partial charge in [-0.1, -0.05) is 0 Å². The first-order valence-corrected chi connectivity index (χ1v) is 11.0. The Labute approximate surface area is 201 Å². The number of amides is 1. The van der Waals surface area contributed by atoms with Crippen LogP contribution in [0.3, 0.4) is 0 Å². The van der Waals surface area contributed by atoms with Gasteiger partial charge in [0, 0.05) is 30.6 Å². The first-order valence-electron chi connectivity index (χ1n) is 11.0. The summed E-state index contributed by atoms with van der Waals surface area (Å²) in [6.07, 6.45) is 1.38. The van der Waals surface area contributed by atoms with Crippen molar-refractivity contribution < 1.29 is 18.7 Å². The molecule has 1 aromatic carbocycles. The molecule has 190 valence electrons. The molecule has 0 radical (unpaired) electrons. The molecule has 0 aliphatic carbocycles. The maximum absolute atomic E-state index is 12.9. The van der Waals surface area contributed by atoms with Gasteiger partial charge in [-0.2, -0.15) is 0 Å². The van der Waals surface area contributed by atoms with Crippen LogP contribution in [0.25, 0.3) is 11.0 Å². The average molecular weight is 489 g/mol. The largest absolute Gasteiger partial charge is 0.425 e. The molecule has 0 unspecified atom stereocenters. The van der Waals surface area contributed by atoms with Gasteiger partial charge in [-0.05, 0) is 50.3 Å². The Kier molecular flexibility index (Phi) is 10.0. The molecule has 0 aliphatic heterocycles. The van der Waals surface area contributed by atoms with Crippen molar-refractivity contribution in [3.05, 3.63) is 40.2 Å². The molecular weight excluding hydrogens is 456 g/mol. The lowest BCUT2D eigenvalue weighted by Crippen LogP contribution is -2.49. The van der Waals surface area contributed by atoms with Crippen molar-refractivity contribution in [3.63, 3.8) is 0 Å². The van der Waals surface area contributed by atoms with Crippen LogP contribution in [0.5, 0.6) is 5.75 Å². The van der Waals surface area contributed by atoms with Crippen LogP contribution in [-0.4, -0.2) is 49.0 Å². The van der Waals surface area contributed by atoms with E-state index in [4.69, 9.17) is 37.8 Å². The summed E-state index contributed by atoms with van der Waals surface area (Å²) in [6, 6.07) is 4.16. The first-order chi connectivity index (χ1) is 16.6. The van der Waals surface area contributed by atoms with Gasteiger partial charge in [0.1, 0.15) is 17.4 Å². The normalized spacial score (nSPS) is 12.4. The number of nitrogens with one attached hydrogen (secondary N) is 1. The number of fused-ring (bicyclic) bond motifs is 1. The van der Waals surface area contributed by atoms with Crippen LogP contribution < -0.4 is 44.3 Å². The van der Waals surface area contributed by atoms with Crippen molar-refractivity contribution in [1.29, 1.82) is 0 Å². The Bertz CT molecular complexity index is 1150. The molecule has 0 fully saturated rings. The van der Waals surface area contributed by atoms with Gasteiger partial charge in [0.25, 0.3) is 0 Å². The summed E-state index contributed by atoms with van der Waals surface area (Å²) in [4.78, 5) is 44.9. The molecule has 13 heteroatoms. The zero-order valence-electron chi connectivity index (χ0n) is 19.5. The standard InChI is InChI=1S/C22H32N8O5/c1-12-10-18(31)35-17-11-13(6-7-14(12)17)34-20(33)16(5-3-9-29-22(26)27)30-19(32)15(23)4-2-8-28-21(24)25/h6-7,10-11,15-16H,2-5,8-9,23H2,1H3,(H,30,32)(H4,24,25,28)(H4,26,27,29)/t15-,16-/m0/s1. The molecule has 2 atom stereocenters. The maximum Gasteiger partial charge on any atom is 0.336 e. The van der Waals surface area contributed by atoms with Gasteiger partial charge in [-0.3, -0.25) is 14.8 Å². The summed E-state index contributed by atoms with van der Waals surface area (Å²) in [6.45, 7) is 2.35. The van der Waals surface area contributed by atoms with Crippen LogP contribution >= 0.6 is 0 Å². The lowest BCUT2D eigenvalue weighted by Gasteiger charge is -2.20. The number of guanidine groups is 2. The van der Waals surface area contributed by atoms with E-state index in [-0.39, 0.29) is 36.2 Å². The third-order valence-corrected chi connectivity index (χ3v) is 4.99. The summed E-state index contributed by atoms with van der Waals surface area (Å²) < 4.78 is 10.6. The minimum Gasteiger partial charge on any atom is -0.425 e. The summed E-state index contributed by atoms with van der Waals surface area (Å²) >= 11 is 0. The van der Waals surface area contributed by atoms with Gasteiger partial charge < -0.3 is 43.1 Å². The van der Waals surface area contributed by atoms with E-state index >= 15 is 0 Å². The summed E-state index contributed by atoms with van der Waals surface area (Å²) in [7, 11) is 0. The number of aryl methyl sites for hydroxylation is 1. The number of carbonyl (C=O) groups excluding carboxylic acids is 2. The van der Waals surface area contributed by atoms with Crippen molar-refractivity contribution in [2.75, 3.05) is 13.1 Å². The molecule has 0 saturated heterocycles. The molecule has 13 nitrogen and oxygen atoms in total. The van der Waals surface area contributed by atoms with Crippen molar-refractivity contribution in [2.24, 2.45) is 38.7 Å². The lowest BCUT2D eigenvalue weighted by atomic mass is 10.1. The number of esters is 1. The Morgan fingerprint density at radius 2 is 1.66 bits per heavy atom. The summed E-state index contributed by atoms with van der Waals surface area (Å²) in [5.41, 5.74) is 27.6. The number of nitrogens with zero attached hydrogens (tertiary/aromatic N) is 2.